The smallest absolute Gasteiger partial charge is 0.239 e. The van der Waals surface area contributed by atoms with Crippen LogP contribution < -0.4 is 5.73 Å². The largest absolute Gasteiger partial charge is 0.377 e. The Labute approximate surface area is 102 Å². The Morgan fingerprint density at radius 2 is 2.44 bits per heavy atom. The molecule has 0 aliphatic carbocycles. The minimum absolute atomic E-state index is 0.0872. The first-order valence-electron chi connectivity index (χ1n) is 5.83. The number of carbonyl (C=O) groups is 1. The summed E-state index contributed by atoms with van der Waals surface area (Å²) >= 11 is 1.73. The van der Waals surface area contributed by atoms with Crippen LogP contribution in [0.15, 0.2) is 0 Å². The molecular formula is C11H22N2O2S. The zero-order chi connectivity index (χ0) is 12.0. The summed E-state index contributed by atoms with van der Waals surface area (Å²) in [5, 5.41) is 0. The average molecular weight is 246 g/mol. The molecule has 1 saturated heterocycles. The van der Waals surface area contributed by atoms with Crippen LogP contribution in [0.25, 0.3) is 0 Å². The van der Waals surface area contributed by atoms with E-state index < -0.39 is 0 Å². The van der Waals surface area contributed by atoms with Gasteiger partial charge in [-0.25, -0.2) is 0 Å². The van der Waals surface area contributed by atoms with Crippen molar-refractivity contribution >= 4 is 17.7 Å². The Bertz CT molecular complexity index is 226. The second-order valence-electron chi connectivity index (χ2n) is 4.06. The van der Waals surface area contributed by atoms with Crippen LogP contribution in [0.2, 0.25) is 0 Å². The second-order valence-corrected chi connectivity index (χ2v) is 5.04. The molecule has 0 aromatic rings. The maximum Gasteiger partial charge on any atom is 0.239 e. The summed E-state index contributed by atoms with van der Waals surface area (Å²) in [4.78, 5) is 14.0. The highest BCUT2D eigenvalue weighted by Gasteiger charge is 2.28. The number of thioether (sulfide) groups is 1. The van der Waals surface area contributed by atoms with Gasteiger partial charge in [0.2, 0.25) is 5.91 Å². The summed E-state index contributed by atoms with van der Waals surface area (Å²) in [5.74, 6) is 1.03. The number of nitrogens with zero attached hydrogens (tertiary/aromatic N) is 1. The highest BCUT2D eigenvalue weighted by atomic mass is 32.2. The minimum Gasteiger partial charge on any atom is -0.377 e. The number of amides is 1. The third kappa shape index (κ3) is 3.64. The van der Waals surface area contributed by atoms with Crippen LogP contribution in [-0.2, 0) is 9.53 Å². The Kier molecular flexibility index (Phi) is 6.16. The van der Waals surface area contributed by atoms with Crippen LogP contribution in [0.1, 0.15) is 19.8 Å². The molecule has 94 valence electrons. The molecule has 2 atom stereocenters. The summed E-state index contributed by atoms with van der Waals surface area (Å²) < 4.78 is 5.38. The van der Waals surface area contributed by atoms with E-state index in [0.717, 1.165) is 18.6 Å². The number of nitrogens with two attached hydrogens (primary N) is 1. The van der Waals surface area contributed by atoms with Crippen LogP contribution in [0.5, 0.6) is 0 Å². The molecule has 1 rings (SSSR count). The van der Waals surface area contributed by atoms with Crippen molar-refractivity contribution in [3.63, 3.8) is 0 Å². The normalized spacial score (nSPS) is 23.2. The zero-order valence-electron chi connectivity index (χ0n) is 10.1. The monoisotopic (exact) mass is 246 g/mol. The molecule has 0 aromatic carbocycles. The number of hydrogen-bond donors (Lipinski definition) is 1. The predicted octanol–water partition coefficient (Wildman–Crippen LogP) is 0.704. The van der Waals surface area contributed by atoms with E-state index in [9.17, 15) is 4.79 Å². The first-order chi connectivity index (χ1) is 7.70. The molecule has 4 nitrogen and oxygen atoms in total. The van der Waals surface area contributed by atoms with Gasteiger partial charge < -0.3 is 15.4 Å². The number of carbonyl (C=O) groups excluding carboxylic acids is 1. The molecule has 0 aromatic heterocycles. The van der Waals surface area contributed by atoms with Crippen LogP contribution in [0, 0.1) is 0 Å². The highest BCUT2D eigenvalue weighted by molar-refractivity contribution is 7.98. The highest BCUT2D eigenvalue weighted by Crippen LogP contribution is 2.12. The van der Waals surface area contributed by atoms with Gasteiger partial charge in [-0.15, -0.1) is 0 Å². The van der Waals surface area contributed by atoms with Crippen molar-refractivity contribution < 1.29 is 9.53 Å². The Morgan fingerprint density at radius 3 is 3.06 bits per heavy atom. The number of ether oxygens (including phenoxy) is 1. The van der Waals surface area contributed by atoms with Crippen molar-refractivity contribution in [2.24, 2.45) is 5.73 Å². The van der Waals surface area contributed by atoms with Gasteiger partial charge in [0.25, 0.3) is 0 Å². The molecule has 1 amide bonds. The van der Waals surface area contributed by atoms with Crippen LogP contribution in [0.4, 0.5) is 0 Å². The fourth-order valence-electron chi connectivity index (χ4n) is 1.86. The van der Waals surface area contributed by atoms with Gasteiger partial charge in [-0.1, -0.05) is 6.92 Å². The molecule has 1 fully saturated rings. The van der Waals surface area contributed by atoms with E-state index in [1.54, 1.807) is 11.8 Å². The van der Waals surface area contributed by atoms with Gasteiger partial charge in [0, 0.05) is 6.54 Å². The summed E-state index contributed by atoms with van der Waals surface area (Å²) in [6.45, 7) is 4.05. The maximum atomic E-state index is 12.1. The molecule has 1 unspecified atom stereocenters. The third-order valence-electron chi connectivity index (χ3n) is 2.93. The van der Waals surface area contributed by atoms with E-state index in [-0.39, 0.29) is 18.0 Å². The predicted molar refractivity (Wildman–Crippen MR) is 67.6 cm³/mol. The molecule has 1 aliphatic rings. The van der Waals surface area contributed by atoms with Crippen molar-refractivity contribution in [3.8, 4) is 0 Å². The van der Waals surface area contributed by atoms with E-state index in [1.165, 1.54) is 0 Å². The summed E-state index contributed by atoms with van der Waals surface area (Å²) in [6.07, 6.45) is 3.72. The Balaban J connectivity index is 2.49. The van der Waals surface area contributed by atoms with Gasteiger partial charge in [0.15, 0.2) is 0 Å². The van der Waals surface area contributed by atoms with Crippen LogP contribution in [-0.4, -0.2) is 54.7 Å². The SMILES string of the molecule is CCC1COCCN1C(=O)[C@@H](N)CCSC. The number of morpholine rings is 1. The maximum absolute atomic E-state index is 12.1. The molecule has 0 bridgehead atoms. The molecule has 0 radical (unpaired) electrons. The van der Waals surface area contributed by atoms with Gasteiger partial charge in [-0.05, 0) is 24.9 Å². The summed E-state index contributed by atoms with van der Waals surface area (Å²) in [5.41, 5.74) is 5.91. The van der Waals surface area contributed by atoms with Crippen molar-refractivity contribution in [1.29, 1.82) is 0 Å². The molecule has 2 N–H and O–H groups in total. The van der Waals surface area contributed by atoms with Gasteiger partial charge >= 0.3 is 0 Å². The van der Waals surface area contributed by atoms with Crippen molar-refractivity contribution in [3.05, 3.63) is 0 Å². The Hall–Kier alpha value is -0.260. The average Bonchev–Trinajstić information content (AvgIpc) is 2.34. The first-order valence-corrected chi connectivity index (χ1v) is 7.22. The molecule has 5 heteroatoms. The van der Waals surface area contributed by atoms with Gasteiger partial charge in [0.05, 0.1) is 25.3 Å². The molecule has 1 heterocycles. The Morgan fingerprint density at radius 1 is 1.69 bits per heavy atom. The standard InChI is InChI=1S/C11H22N2O2S/c1-3-9-8-15-6-5-13(9)11(14)10(12)4-7-16-2/h9-10H,3-8,12H2,1-2H3/t9?,10-/m0/s1. The summed E-state index contributed by atoms with van der Waals surface area (Å²) in [7, 11) is 0. The molecule has 0 spiro atoms. The molecule has 0 saturated carbocycles. The fraction of sp³-hybridized carbons (Fsp3) is 0.909. The fourth-order valence-corrected chi connectivity index (χ4v) is 2.35. The number of rotatable bonds is 5. The molecule has 16 heavy (non-hydrogen) atoms. The van der Waals surface area contributed by atoms with Crippen molar-refractivity contribution in [1.82, 2.24) is 4.90 Å². The van der Waals surface area contributed by atoms with Crippen molar-refractivity contribution in [2.75, 3.05) is 31.8 Å². The molecule has 1 aliphatic heterocycles. The van der Waals surface area contributed by atoms with Crippen molar-refractivity contribution in [2.45, 2.75) is 31.8 Å². The minimum atomic E-state index is -0.348. The van der Waals surface area contributed by atoms with Gasteiger partial charge in [-0.2, -0.15) is 11.8 Å². The summed E-state index contributed by atoms with van der Waals surface area (Å²) in [6, 6.07) is -0.138. The topological polar surface area (TPSA) is 55.6 Å². The van der Waals surface area contributed by atoms with Crippen LogP contribution in [0.3, 0.4) is 0 Å². The lowest BCUT2D eigenvalue weighted by Crippen LogP contribution is -2.53. The van der Waals surface area contributed by atoms with E-state index in [1.807, 2.05) is 11.2 Å². The lowest BCUT2D eigenvalue weighted by Gasteiger charge is -2.36. The third-order valence-corrected chi connectivity index (χ3v) is 3.58. The lowest BCUT2D eigenvalue weighted by atomic mass is 10.1. The van der Waals surface area contributed by atoms with E-state index >= 15 is 0 Å². The van der Waals surface area contributed by atoms with Crippen LogP contribution >= 0.6 is 11.8 Å². The number of hydrogen-bond acceptors (Lipinski definition) is 4. The zero-order valence-corrected chi connectivity index (χ0v) is 11.0. The molecular weight excluding hydrogens is 224 g/mol. The lowest BCUT2D eigenvalue weighted by molar-refractivity contribution is -0.141. The quantitative estimate of drug-likeness (QED) is 0.776. The second kappa shape index (κ2) is 7.14. The van der Waals surface area contributed by atoms with Gasteiger partial charge in [-0.3, -0.25) is 4.79 Å². The van der Waals surface area contributed by atoms with Gasteiger partial charge in [0.1, 0.15) is 0 Å². The van der Waals surface area contributed by atoms with E-state index in [0.29, 0.717) is 19.8 Å². The van der Waals surface area contributed by atoms with E-state index in [2.05, 4.69) is 6.92 Å². The first kappa shape index (κ1) is 13.8. The van der Waals surface area contributed by atoms with E-state index in [4.69, 9.17) is 10.5 Å².